The van der Waals surface area contributed by atoms with Gasteiger partial charge in [0, 0.05) is 12.1 Å². The maximum atomic E-state index is 12.3. The van der Waals surface area contributed by atoms with E-state index in [-0.39, 0.29) is 18.2 Å². The first-order chi connectivity index (χ1) is 9.26. The summed E-state index contributed by atoms with van der Waals surface area (Å²) in [5.41, 5.74) is 0.791. The van der Waals surface area contributed by atoms with Gasteiger partial charge in [0.15, 0.2) is 0 Å². The van der Waals surface area contributed by atoms with Crippen LogP contribution in [0, 0.1) is 0 Å². The molecule has 0 aromatic heterocycles. The zero-order valence-electron chi connectivity index (χ0n) is 12.0. The van der Waals surface area contributed by atoms with Crippen LogP contribution < -0.4 is 0 Å². The summed E-state index contributed by atoms with van der Waals surface area (Å²) < 4.78 is 5.22. The maximum absolute atomic E-state index is 12.3. The lowest BCUT2D eigenvalue weighted by Gasteiger charge is -2.29. The number of benzene rings is 1. The van der Waals surface area contributed by atoms with Gasteiger partial charge in [-0.2, -0.15) is 0 Å². The van der Waals surface area contributed by atoms with Gasteiger partial charge < -0.3 is 14.7 Å². The number of rotatable bonds is 2. The number of esters is 1. The Bertz CT molecular complexity index is 545. The molecule has 1 aromatic rings. The highest BCUT2D eigenvalue weighted by Gasteiger charge is 2.27. The molecule has 1 heterocycles. The first-order valence-electron chi connectivity index (χ1n) is 6.59. The van der Waals surface area contributed by atoms with E-state index in [0.717, 1.165) is 5.56 Å². The Balaban J connectivity index is 2.09. The van der Waals surface area contributed by atoms with E-state index < -0.39 is 11.6 Å². The molecule has 0 spiro atoms. The largest absolute Gasteiger partial charge is 0.508 e. The molecule has 2 rings (SSSR count). The molecule has 1 N–H and O–H groups in total. The number of ether oxygens (including phenoxy) is 1. The van der Waals surface area contributed by atoms with Crippen LogP contribution in [0.1, 0.15) is 36.7 Å². The fourth-order valence-corrected chi connectivity index (χ4v) is 2.19. The fraction of sp³-hybridized carbons (Fsp3) is 0.467. The van der Waals surface area contributed by atoms with Crippen molar-refractivity contribution in [3.63, 3.8) is 0 Å². The maximum Gasteiger partial charge on any atom is 0.326 e. The van der Waals surface area contributed by atoms with E-state index in [0.29, 0.717) is 18.5 Å². The average Bonchev–Trinajstić information content (AvgIpc) is 2.31. The van der Waals surface area contributed by atoms with Crippen LogP contribution >= 0.6 is 0 Å². The lowest BCUT2D eigenvalue weighted by molar-refractivity contribution is -0.155. The minimum absolute atomic E-state index is 0.0521. The second-order valence-corrected chi connectivity index (χ2v) is 5.90. The van der Waals surface area contributed by atoms with Crippen LogP contribution in [0.2, 0.25) is 0 Å². The molecule has 0 aliphatic carbocycles. The number of hydrogen-bond donors (Lipinski definition) is 1. The summed E-state index contributed by atoms with van der Waals surface area (Å²) in [4.78, 5) is 25.5. The van der Waals surface area contributed by atoms with Crippen molar-refractivity contribution in [3.8, 4) is 5.75 Å². The Morgan fingerprint density at radius 3 is 2.75 bits per heavy atom. The highest BCUT2D eigenvalue weighted by Crippen LogP contribution is 2.23. The van der Waals surface area contributed by atoms with Crippen LogP contribution in [0.15, 0.2) is 18.2 Å². The highest BCUT2D eigenvalue weighted by atomic mass is 16.6. The monoisotopic (exact) mass is 277 g/mol. The lowest BCUT2D eigenvalue weighted by atomic mass is 9.99. The first kappa shape index (κ1) is 14.4. The molecule has 108 valence electrons. The molecule has 0 radical (unpaired) electrons. The number of amides is 1. The summed E-state index contributed by atoms with van der Waals surface area (Å²) in [5, 5.41) is 9.46. The number of hydrogen-bond acceptors (Lipinski definition) is 4. The van der Waals surface area contributed by atoms with E-state index in [2.05, 4.69) is 0 Å². The molecule has 5 nitrogen and oxygen atoms in total. The van der Waals surface area contributed by atoms with Crippen LogP contribution in [-0.4, -0.2) is 40.6 Å². The smallest absolute Gasteiger partial charge is 0.326 e. The van der Waals surface area contributed by atoms with Crippen molar-refractivity contribution in [2.24, 2.45) is 0 Å². The summed E-state index contributed by atoms with van der Waals surface area (Å²) in [7, 11) is 0. The Morgan fingerprint density at radius 2 is 2.10 bits per heavy atom. The summed E-state index contributed by atoms with van der Waals surface area (Å²) in [6.45, 7) is 5.78. The van der Waals surface area contributed by atoms with Gasteiger partial charge in [-0.25, -0.2) is 0 Å². The van der Waals surface area contributed by atoms with Crippen molar-refractivity contribution < 1.29 is 19.4 Å². The molecule has 0 saturated carbocycles. The molecule has 0 saturated heterocycles. The van der Waals surface area contributed by atoms with Gasteiger partial charge in [-0.05, 0) is 44.9 Å². The molecule has 1 aliphatic rings. The lowest BCUT2D eigenvalue weighted by Crippen LogP contribution is -2.42. The third kappa shape index (κ3) is 3.29. The molecular formula is C15H19NO4. The van der Waals surface area contributed by atoms with Gasteiger partial charge in [0.1, 0.15) is 17.9 Å². The third-order valence-corrected chi connectivity index (χ3v) is 3.00. The van der Waals surface area contributed by atoms with E-state index in [4.69, 9.17) is 4.74 Å². The van der Waals surface area contributed by atoms with Crippen LogP contribution in [0.25, 0.3) is 0 Å². The summed E-state index contributed by atoms with van der Waals surface area (Å²) >= 11 is 0. The van der Waals surface area contributed by atoms with Crippen molar-refractivity contribution in [2.45, 2.75) is 32.8 Å². The third-order valence-electron chi connectivity index (χ3n) is 3.00. The Kier molecular flexibility index (Phi) is 3.70. The molecule has 0 unspecified atom stereocenters. The molecule has 0 bridgehead atoms. The average molecular weight is 277 g/mol. The Hall–Kier alpha value is -2.04. The molecule has 0 atom stereocenters. The van der Waals surface area contributed by atoms with Gasteiger partial charge in [0.05, 0.1) is 0 Å². The molecular weight excluding hydrogens is 258 g/mol. The SMILES string of the molecule is CC(C)(C)OC(=O)CN1CCc2ccc(O)cc2C1=O. The predicted octanol–water partition coefficient (Wildman–Crippen LogP) is 1.73. The molecule has 20 heavy (non-hydrogen) atoms. The number of aromatic hydroxyl groups is 1. The van der Waals surface area contributed by atoms with E-state index in [9.17, 15) is 14.7 Å². The second kappa shape index (κ2) is 5.15. The van der Waals surface area contributed by atoms with Crippen LogP contribution in [0.5, 0.6) is 5.75 Å². The standard InChI is InChI=1S/C15H19NO4/c1-15(2,3)20-13(18)9-16-7-6-10-4-5-11(17)8-12(10)14(16)19/h4-5,8,17H,6-7,9H2,1-3H3. The van der Waals surface area contributed by atoms with Crippen LogP contribution in [0.3, 0.4) is 0 Å². The van der Waals surface area contributed by atoms with Crippen LogP contribution in [-0.2, 0) is 16.0 Å². The summed E-state index contributed by atoms with van der Waals surface area (Å²) in [6, 6.07) is 4.75. The summed E-state index contributed by atoms with van der Waals surface area (Å²) in [5.74, 6) is -0.612. The minimum Gasteiger partial charge on any atom is -0.508 e. The van der Waals surface area contributed by atoms with Crippen LogP contribution in [0.4, 0.5) is 0 Å². The van der Waals surface area contributed by atoms with Gasteiger partial charge in [-0.3, -0.25) is 9.59 Å². The van der Waals surface area contributed by atoms with Crippen molar-refractivity contribution >= 4 is 11.9 Å². The van der Waals surface area contributed by atoms with E-state index in [1.165, 1.54) is 11.0 Å². The quantitative estimate of drug-likeness (QED) is 0.836. The zero-order valence-corrected chi connectivity index (χ0v) is 12.0. The van der Waals surface area contributed by atoms with Crippen molar-refractivity contribution in [3.05, 3.63) is 29.3 Å². The number of nitrogens with zero attached hydrogens (tertiary/aromatic N) is 1. The van der Waals surface area contributed by atoms with E-state index in [1.54, 1.807) is 32.9 Å². The van der Waals surface area contributed by atoms with Gasteiger partial charge >= 0.3 is 5.97 Å². The molecule has 5 heteroatoms. The van der Waals surface area contributed by atoms with Crippen molar-refractivity contribution in [1.82, 2.24) is 4.90 Å². The highest BCUT2D eigenvalue weighted by molar-refractivity contribution is 5.98. The van der Waals surface area contributed by atoms with Gasteiger partial charge in [-0.1, -0.05) is 6.07 Å². The fourth-order valence-electron chi connectivity index (χ4n) is 2.19. The van der Waals surface area contributed by atoms with Crippen molar-refractivity contribution in [2.75, 3.05) is 13.1 Å². The summed E-state index contributed by atoms with van der Waals surface area (Å²) in [6.07, 6.45) is 0.671. The molecule has 1 aliphatic heterocycles. The number of carbonyl (C=O) groups is 2. The number of fused-ring (bicyclic) bond motifs is 1. The van der Waals surface area contributed by atoms with E-state index in [1.807, 2.05) is 0 Å². The Labute approximate surface area is 118 Å². The first-order valence-corrected chi connectivity index (χ1v) is 6.59. The number of carbonyl (C=O) groups excluding carboxylic acids is 2. The minimum atomic E-state index is -0.563. The topological polar surface area (TPSA) is 66.8 Å². The van der Waals surface area contributed by atoms with E-state index >= 15 is 0 Å². The molecule has 1 aromatic carbocycles. The van der Waals surface area contributed by atoms with Gasteiger partial charge in [0.2, 0.25) is 0 Å². The van der Waals surface area contributed by atoms with Gasteiger partial charge in [0.25, 0.3) is 5.91 Å². The number of phenols is 1. The molecule has 0 fully saturated rings. The predicted molar refractivity (Wildman–Crippen MR) is 73.6 cm³/mol. The number of phenolic OH excluding ortho intramolecular Hbond substituents is 1. The zero-order chi connectivity index (χ0) is 14.9. The second-order valence-electron chi connectivity index (χ2n) is 5.90. The Morgan fingerprint density at radius 1 is 1.40 bits per heavy atom. The molecule has 1 amide bonds. The normalized spacial score (nSPS) is 14.9. The van der Waals surface area contributed by atoms with Gasteiger partial charge in [-0.15, -0.1) is 0 Å². The van der Waals surface area contributed by atoms with Crippen molar-refractivity contribution in [1.29, 1.82) is 0 Å².